The maximum absolute atomic E-state index is 12.3. The van der Waals surface area contributed by atoms with Crippen LogP contribution >= 0.6 is 0 Å². The minimum atomic E-state index is -0.0866. The number of carbonyl (C=O) groups excluding carboxylic acids is 1. The zero-order chi connectivity index (χ0) is 14.5. The second-order valence-electron chi connectivity index (χ2n) is 5.16. The molecule has 106 valence electrons. The fraction of sp³-hybridized carbons (Fsp3) is 0.375. The molecule has 1 unspecified atom stereocenters. The summed E-state index contributed by atoms with van der Waals surface area (Å²) in [6.45, 7) is 4.60. The van der Waals surface area contributed by atoms with Gasteiger partial charge in [0.25, 0.3) is 5.91 Å². The first-order chi connectivity index (χ1) is 9.61. The van der Waals surface area contributed by atoms with Crippen LogP contribution in [0.25, 0.3) is 10.9 Å². The summed E-state index contributed by atoms with van der Waals surface area (Å²) in [4.78, 5) is 16.7. The van der Waals surface area contributed by atoms with Crippen molar-refractivity contribution in [1.29, 1.82) is 0 Å². The molecule has 0 aliphatic rings. The Balaban J connectivity index is 2.21. The molecule has 1 aromatic carbocycles. The lowest BCUT2D eigenvalue weighted by atomic mass is 10.1. The van der Waals surface area contributed by atoms with Crippen LogP contribution in [0.1, 0.15) is 29.4 Å². The van der Waals surface area contributed by atoms with Crippen LogP contribution in [-0.2, 0) is 0 Å². The fourth-order valence-corrected chi connectivity index (χ4v) is 2.18. The highest BCUT2D eigenvalue weighted by Crippen LogP contribution is 2.18. The van der Waals surface area contributed by atoms with Gasteiger partial charge >= 0.3 is 0 Å². The molecule has 2 N–H and O–H groups in total. The number of benzene rings is 1. The SMILES string of the molecule is Cc1cc(C(=O)NCC(C)CCO)c2ccccc2n1. The van der Waals surface area contributed by atoms with Gasteiger partial charge in [0, 0.05) is 24.2 Å². The van der Waals surface area contributed by atoms with Gasteiger partial charge in [0.15, 0.2) is 0 Å². The Labute approximate surface area is 118 Å². The van der Waals surface area contributed by atoms with E-state index in [1.165, 1.54) is 0 Å². The predicted octanol–water partition coefficient (Wildman–Crippen LogP) is 2.29. The number of aliphatic hydroxyl groups is 1. The lowest BCUT2D eigenvalue weighted by Gasteiger charge is -2.12. The molecule has 1 heterocycles. The van der Waals surface area contributed by atoms with E-state index in [2.05, 4.69) is 10.3 Å². The van der Waals surface area contributed by atoms with Crippen LogP contribution in [0.2, 0.25) is 0 Å². The van der Waals surface area contributed by atoms with Crippen LogP contribution in [0.4, 0.5) is 0 Å². The monoisotopic (exact) mass is 272 g/mol. The van der Waals surface area contributed by atoms with E-state index in [1.807, 2.05) is 44.2 Å². The third kappa shape index (κ3) is 3.33. The molecule has 0 fully saturated rings. The summed E-state index contributed by atoms with van der Waals surface area (Å²) in [6.07, 6.45) is 0.691. The van der Waals surface area contributed by atoms with Gasteiger partial charge in [-0.25, -0.2) is 0 Å². The van der Waals surface area contributed by atoms with Crippen molar-refractivity contribution in [3.05, 3.63) is 41.6 Å². The van der Waals surface area contributed by atoms with E-state index in [0.29, 0.717) is 18.5 Å². The van der Waals surface area contributed by atoms with Gasteiger partial charge in [-0.2, -0.15) is 0 Å². The Kier molecular flexibility index (Phi) is 4.69. The minimum Gasteiger partial charge on any atom is -0.396 e. The number of aryl methyl sites for hydroxylation is 1. The molecule has 0 radical (unpaired) electrons. The second-order valence-corrected chi connectivity index (χ2v) is 5.16. The number of fused-ring (bicyclic) bond motifs is 1. The first-order valence-corrected chi connectivity index (χ1v) is 6.87. The van der Waals surface area contributed by atoms with Gasteiger partial charge in [-0.1, -0.05) is 25.1 Å². The number of para-hydroxylation sites is 1. The van der Waals surface area contributed by atoms with Crippen molar-refractivity contribution in [3.8, 4) is 0 Å². The number of pyridine rings is 1. The molecule has 20 heavy (non-hydrogen) atoms. The van der Waals surface area contributed by atoms with Crippen molar-refractivity contribution in [2.45, 2.75) is 20.3 Å². The highest BCUT2D eigenvalue weighted by Gasteiger charge is 2.12. The summed E-state index contributed by atoms with van der Waals surface area (Å²) in [6, 6.07) is 9.46. The summed E-state index contributed by atoms with van der Waals surface area (Å²) in [7, 11) is 0. The van der Waals surface area contributed by atoms with Crippen molar-refractivity contribution < 1.29 is 9.90 Å². The quantitative estimate of drug-likeness (QED) is 0.878. The third-order valence-corrected chi connectivity index (χ3v) is 3.32. The molecule has 4 heteroatoms. The van der Waals surface area contributed by atoms with Crippen LogP contribution in [0, 0.1) is 12.8 Å². The lowest BCUT2D eigenvalue weighted by Crippen LogP contribution is -2.29. The molecule has 0 spiro atoms. The largest absolute Gasteiger partial charge is 0.396 e. The Bertz CT molecular complexity index is 610. The molecular formula is C16H20N2O2. The first kappa shape index (κ1) is 14.5. The summed E-state index contributed by atoms with van der Waals surface area (Å²) in [5.41, 5.74) is 2.32. The number of hydrogen-bond donors (Lipinski definition) is 2. The molecule has 0 saturated heterocycles. The molecule has 0 aliphatic carbocycles. The Morgan fingerprint density at radius 2 is 2.15 bits per heavy atom. The van der Waals surface area contributed by atoms with Crippen molar-refractivity contribution in [3.63, 3.8) is 0 Å². The topological polar surface area (TPSA) is 62.2 Å². The Morgan fingerprint density at radius 3 is 2.90 bits per heavy atom. The molecule has 1 amide bonds. The number of rotatable bonds is 5. The average Bonchev–Trinajstić information content (AvgIpc) is 2.44. The van der Waals surface area contributed by atoms with E-state index in [9.17, 15) is 4.79 Å². The van der Waals surface area contributed by atoms with Crippen LogP contribution in [0.15, 0.2) is 30.3 Å². The fourth-order valence-electron chi connectivity index (χ4n) is 2.18. The van der Waals surface area contributed by atoms with Crippen molar-refractivity contribution in [1.82, 2.24) is 10.3 Å². The Hall–Kier alpha value is -1.94. The number of aromatic nitrogens is 1. The summed E-state index contributed by atoms with van der Waals surface area (Å²) >= 11 is 0. The van der Waals surface area contributed by atoms with Crippen LogP contribution in [-0.4, -0.2) is 29.1 Å². The molecule has 1 aromatic heterocycles. The van der Waals surface area contributed by atoms with Gasteiger partial charge in [0.1, 0.15) is 0 Å². The second kappa shape index (κ2) is 6.48. The summed E-state index contributed by atoms with van der Waals surface area (Å²) in [5.74, 6) is 0.176. The van der Waals surface area contributed by atoms with Crippen molar-refractivity contribution in [2.75, 3.05) is 13.2 Å². The normalized spacial score (nSPS) is 12.3. The zero-order valence-electron chi connectivity index (χ0n) is 11.9. The molecule has 2 aromatic rings. The maximum atomic E-state index is 12.3. The predicted molar refractivity (Wildman–Crippen MR) is 79.7 cm³/mol. The molecule has 0 saturated carbocycles. The van der Waals surface area contributed by atoms with Gasteiger partial charge < -0.3 is 10.4 Å². The Morgan fingerprint density at radius 1 is 1.40 bits per heavy atom. The van der Waals surface area contributed by atoms with Gasteiger partial charge in [-0.15, -0.1) is 0 Å². The van der Waals surface area contributed by atoms with E-state index < -0.39 is 0 Å². The lowest BCUT2D eigenvalue weighted by molar-refractivity contribution is 0.0947. The standard InChI is InChI=1S/C16H20N2O2/c1-11(7-8-19)10-17-16(20)14-9-12(2)18-15-6-4-3-5-13(14)15/h3-6,9,11,19H,7-8,10H2,1-2H3,(H,17,20). The number of carbonyl (C=O) groups is 1. The molecular weight excluding hydrogens is 252 g/mol. The van der Waals surface area contributed by atoms with Gasteiger partial charge in [0.2, 0.25) is 0 Å². The van der Waals surface area contributed by atoms with Crippen LogP contribution < -0.4 is 5.32 Å². The zero-order valence-corrected chi connectivity index (χ0v) is 11.9. The maximum Gasteiger partial charge on any atom is 0.252 e. The molecule has 0 bridgehead atoms. The summed E-state index contributed by atoms with van der Waals surface area (Å²) in [5, 5.41) is 12.7. The first-order valence-electron chi connectivity index (χ1n) is 6.87. The van der Waals surface area contributed by atoms with E-state index in [1.54, 1.807) is 0 Å². The van der Waals surface area contributed by atoms with Crippen LogP contribution in [0.3, 0.4) is 0 Å². The van der Waals surface area contributed by atoms with Gasteiger partial charge in [-0.05, 0) is 31.4 Å². The van der Waals surface area contributed by atoms with E-state index in [4.69, 9.17) is 5.11 Å². The summed E-state index contributed by atoms with van der Waals surface area (Å²) < 4.78 is 0. The number of nitrogens with one attached hydrogen (secondary N) is 1. The molecule has 1 atom stereocenters. The van der Waals surface area contributed by atoms with Crippen molar-refractivity contribution >= 4 is 16.8 Å². The number of amides is 1. The number of nitrogens with zero attached hydrogens (tertiary/aromatic N) is 1. The van der Waals surface area contributed by atoms with Gasteiger partial charge in [0.05, 0.1) is 11.1 Å². The highest BCUT2D eigenvalue weighted by molar-refractivity contribution is 6.06. The smallest absolute Gasteiger partial charge is 0.252 e. The molecule has 2 rings (SSSR count). The molecule has 4 nitrogen and oxygen atoms in total. The average molecular weight is 272 g/mol. The van der Waals surface area contributed by atoms with E-state index in [-0.39, 0.29) is 18.4 Å². The van der Waals surface area contributed by atoms with Crippen molar-refractivity contribution in [2.24, 2.45) is 5.92 Å². The van der Waals surface area contributed by atoms with E-state index >= 15 is 0 Å². The van der Waals surface area contributed by atoms with E-state index in [0.717, 1.165) is 16.6 Å². The number of hydrogen-bond acceptors (Lipinski definition) is 3. The molecule has 0 aliphatic heterocycles. The minimum absolute atomic E-state index is 0.0866. The highest BCUT2D eigenvalue weighted by atomic mass is 16.3. The third-order valence-electron chi connectivity index (χ3n) is 3.32. The van der Waals surface area contributed by atoms with Crippen LogP contribution in [0.5, 0.6) is 0 Å². The number of aliphatic hydroxyl groups excluding tert-OH is 1. The van der Waals surface area contributed by atoms with Gasteiger partial charge in [-0.3, -0.25) is 9.78 Å².